The number of allylic oxidation sites excluding steroid dienone is 6. The van der Waals surface area contributed by atoms with E-state index in [1.54, 1.807) is 5.57 Å². The lowest BCUT2D eigenvalue weighted by Gasteiger charge is -2.41. The number of rotatable bonds is 2. The fourth-order valence-corrected chi connectivity index (χ4v) is 4.90. The van der Waals surface area contributed by atoms with Gasteiger partial charge in [-0.15, -0.1) is 0 Å². The van der Waals surface area contributed by atoms with E-state index in [-0.39, 0.29) is 11.5 Å². The van der Waals surface area contributed by atoms with Crippen LogP contribution in [0.1, 0.15) is 65.2 Å². The minimum Gasteiger partial charge on any atom is -0.389 e. The minimum absolute atomic E-state index is 0.181. The average Bonchev–Trinajstić information content (AvgIpc) is 2.84. The van der Waals surface area contributed by atoms with Gasteiger partial charge in [0.1, 0.15) is 0 Å². The standard InChI is InChI=1S/C21H30O/c1-15-7-4-5-8-17(15)10-11-18-9-6-14-21(3)19(16(2)22)12-13-20(18)21/h10-12,16,20,22H,1,4-9,13-14H2,2-3H3/b17-10-,18-11+. The number of aliphatic hydroxyl groups is 1. The SMILES string of the molecule is C=C1CCCC/C1=C/C=C1\CCCC2(C)C(C(C)O)=CCC12. The van der Waals surface area contributed by atoms with Gasteiger partial charge in [-0.25, -0.2) is 0 Å². The van der Waals surface area contributed by atoms with Crippen molar-refractivity contribution in [1.82, 2.24) is 0 Å². The molecule has 3 rings (SSSR count). The Morgan fingerprint density at radius 1 is 1.23 bits per heavy atom. The molecule has 0 heterocycles. The summed E-state index contributed by atoms with van der Waals surface area (Å²) in [4.78, 5) is 0. The maximum atomic E-state index is 10.1. The Labute approximate surface area is 135 Å². The first-order valence-electron chi connectivity index (χ1n) is 8.99. The van der Waals surface area contributed by atoms with Crippen molar-refractivity contribution in [1.29, 1.82) is 0 Å². The quantitative estimate of drug-likeness (QED) is 0.669. The van der Waals surface area contributed by atoms with E-state index in [2.05, 4.69) is 31.7 Å². The maximum absolute atomic E-state index is 10.1. The van der Waals surface area contributed by atoms with Crippen LogP contribution in [-0.4, -0.2) is 11.2 Å². The first-order chi connectivity index (χ1) is 10.5. The zero-order valence-corrected chi connectivity index (χ0v) is 14.2. The summed E-state index contributed by atoms with van der Waals surface area (Å²) in [6.07, 6.45) is 16.5. The third-order valence-corrected chi connectivity index (χ3v) is 6.19. The van der Waals surface area contributed by atoms with Gasteiger partial charge in [0.05, 0.1) is 6.10 Å². The molecule has 3 atom stereocenters. The molecule has 120 valence electrons. The van der Waals surface area contributed by atoms with Crippen molar-refractivity contribution in [2.24, 2.45) is 11.3 Å². The molecule has 3 aliphatic carbocycles. The maximum Gasteiger partial charge on any atom is 0.0727 e. The fraction of sp³-hybridized carbons (Fsp3) is 0.619. The van der Waals surface area contributed by atoms with E-state index in [0.29, 0.717) is 5.92 Å². The summed E-state index contributed by atoms with van der Waals surface area (Å²) >= 11 is 0. The number of hydrogen-bond donors (Lipinski definition) is 1. The van der Waals surface area contributed by atoms with Gasteiger partial charge >= 0.3 is 0 Å². The van der Waals surface area contributed by atoms with Crippen molar-refractivity contribution in [2.75, 3.05) is 0 Å². The summed E-state index contributed by atoms with van der Waals surface area (Å²) in [7, 11) is 0. The highest BCUT2D eigenvalue weighted by molar-refractivity contribution is 5.38. The second-order valence-electron chi connectivity index (χ2n) is 7.64. The molecule has 3 unspecified atom stereocenters. The zero-order chi connectivity index (χ0) is 15.7. The zero-order valence-electron chi connectivity index (χ0n) is 14.2. The molecule has 2 saturated carbocycles. The van der Waals surface area contributed by atoms with E-state index in [1.165, 1.54) is 61.7 Å². The normalized spacial score (nSPS) is 37.3. The Hall–Kier alpha value is -1.08. The van der Waals surface area contributed by atoms with Crippen LogP contribution in [0.4, 0.5) is 0 Å². The average molecular weight is 298 g/mol. The van der Waals surface area contributed by atoms with Crippen LogP contribution in [0.2, 0.25) is 0 Å². The van der Waals surface area contributed by atoms with E-state index in [9.17, 15) is 5.11 Å². The highest BCUT2D eigenvalue weighted by Gasteiger charge is 2.45. The summed E-state index contributed by atoms with van der Waals surface area (Å²) < 4.78 is 0. The summed E-state index contributed by atoms with van der Waals surface area (Å²) in [5, 5.41) is 10.1. The largest absolute Gasteiger partial charge is 0.389 e. The minimum atomic E-state index is -0.300. The van der Waals surface area contributed by atoms with Gasteiger partial charge in [0.2, 0.25) is 0 Å². The van der Waals surface area contributed by atoms with Gasteiger partial charge in [-0.3, -0.25) is 0 Å². The molecule has 0 aliphatic heterocycles. The van der Waals surface area contributed by atoms with Crippen LogP contribution in [0.5, 0.6) is 0 Å². The van der Waals surface area contributed by atoms with Gasteiger partial charge in [-0.2, -0.15) is 0 Å². The van der Waals surface area contributed by atoms with E-state index < -0.39 is 0 Å². The molecule has 0 radical (unpaired) electrons. The van der Waals surface area contributed by atoms with E-state index in [4.69, 9.17) is 0 Å². The molecule has 2 fully saturated rings. The van der Waals surface area contributed by atoms with Gasteiger partial charge in [0, 0.05) is 0 Å². The molecule has 0 spiro atoms. The Balaban J connectivity index is 1.82. The molecule has 0 aromatic rings. The van der Waals surface area contributed by atoms with Crippen LogP contribution in [0.15, 0.2) is 47.1 Å². The molecule has 1 N–H and O–H groups in total. The molecule has 0 bridgehead atoms. The molecule has 0 saturated heterocycles. The van der Waals surface area contributed by atoms with Crippen LogP contribution in [-0.2, 0) is 0 Å². The van der Waals surface area contributed by atoms with Gasteiger partial charge in [0.15, 0.2) is 0 Å². The van der Waals surface area contributed by atoms with Gasteiger partial charge in [-0.1, -0.05) is 42.9 Å². The van der Waals surface area contributed by atoms with Gasteiger partial charge < -0.3 is 5.11 Å². The Morgan fingerprint density at radius 3 is 2.73 bits per heavy atom. The summed E-state index contributed by atoms with van der Waals surface area (Å²) in [6.45, 7) is 8.52. The predicted molar refractivity (Wildman–Crippen MR) is 93.6 cm³/mol. The second kappa shape index (κ2) is 6.20. The molecule has 0 aromatic heterocycles. The lowest BCUT2D eigenvalue weighted by molar-refractivity contribution is 0.158. The van der Waals surface area contributed by atoms with Gasteiger partial charge in [0.25, 0.3) is 0 Å². The van der Waals surface area contributed by atoms with Crippen molar-refractivity contribution in [3.63, 3.8) is 0 Å². The fourth-order valence-electron chi connectivity index (χ4n) is 4.90. The van der Waals surface area contributed by atoms with E-state index >= 15 is 0 Å². The highest BCUT2D eigenvalue weighted by atomic mass is 16.3. The number of fused-ring (bicyclic) bond motifs is 1. The third kappa shape index (κ3) is 2.76. The monoisotopic (exact) mass is 298 g/mol. The number of aliphatic hydroxyl groups excluding tert-OH is 1. The molecular weight excluding hydrogens is 268 g/mol. The summed E-state index contributed by atoms with van der Waals surface area (Å²) in [5.41, 5.74) is 5.85. The van der Waals surface area contributed by atoms with Crippen molar-refractivity contribution >= 4 is 0 Å². The molecule has 1 heteroatoms. The van der Waals surface area contributed by atoms with E-state index in [1.807, 2.05) is 6.92 Å². The van der Waals surface area contributed by atoms with Crippen LogP contribution in [0.3, 0.4) is 0 Å². The van der Waals surface area contributed by atoms with Crippen molar-refractivity contribution < 1.29 is 5.11 Å². The van der Waals surface area contributed by atoms with Crippen LogP contribution >= 0.6 is 0 Å². The molecular formula is C21H30O. The first-order valence-corrected chi connectivity index (χ1v) is 8.99. The Bertz CT molecular complexity index is 546. The second-order valence-corrected chi connectivity index (χ2v) is 7.64. The smallest absolute Gasteiger partial charge is 0.0727 e. The molecule has 3 aliphatic rings. The predicted octanol–water partition coefficient (Wildman–Crippen LogP) is 5.49. The lowest BCUT2D eigenvalue weighted by Crippen LogP contribution is -2.33. The summed E-state index contributed by atoms with van der Waals surface area (Å²) in [6, 6.07) is 0. The summed E-state index contributed by atoms with van der Waals surface area (Å²) in [5.74, 6) is 0.597. The van der Waals surface area contributed by atoms with Crippen molar-refractivity contribution in [3.05, 3.63) is 47.1 Å². The van der Waals surface area contributed by atoms with Crippen molar-refractivity contribution in [2.45, 2.75) is 71.3 Å². The highest BCUT2D eigenvalue weighted by Crippen LogP contribution is 2.55. The van der Waals surface area contributed by atoms with Crippen molar-refractivity contribution in [3.8, 4) is 0 Å². The molecule has 22 heavy (non-hydrogen) atoms. The topological polar surface area (TPSA) is 20.2 Å². The van der Waals surface area contributed by atoms with Gasteiger partial charge in [-0.05, 0) is 80.8 Å². The van der Waals surface area contributed by atoms with Crippen LogP contribution < -0.4 is 0 Å². The third-order valence-electron chi connectivity index (χ3n) is 6.19. The molecule has 0 amide bonds. The number of hydrogen-bond acceptors (Lipinski definition) is 1. The van der Waals surface area contributed by atoms with E-state index in [0.717, 1.165) is 6.42 Å². The first kappa shape index (κ1) is 15.8. The van der Waals surface area contributed by atoms with Crippen LogP contribution in [0, 0.1) is 11.3 Å². The molecule has 0 aromatic carbocycles. The lowest BCUT2D eigenvalue weighted by atomic mass is 9.63. The van der Waals surface area contributed by atoms with Crippen LogP contribution in [0.25, 0.3) is 0 Å². The molecule has 1 nitrogen and oxygen atoms in total. The Morgan fingerprint density at radius 2 is 2.00 bits per heavy atom. The Kier molecular flexibility index (Phi) is 4.45.